The second kappa shape index (κ2) is 13.7. The van der Waals surface area contributed by atoms with Crippen molar-refractivity contribution in [1.29, 1.82) is 0 Å². The van der Waals surface area contributed by atoms with Crippen LogP contribution < -0.4 is 0 Å². The number of benzene rings is 8. The van der Waals surface area contributed by atoms with Crippen molar-refractivity contribution in [3.63, 3.8) is 0 Å². The molecule has 0 amide bonds. The van der Waals surface area contributed by atoms with Gasteiger partial charge in [-0.3, -0.25) is 0 Å². The minimum atomic E-state index is 0.629. The number of hydrogen-bond donors (Lipinski definition) is 0. The Morgan fingerprint density at radius 2 is 0.877 bits per heavy atom. The number of pyridine rings is 1. The first-order valence-electron chi connectivity index (χ1n) is 19.1. The first kappa shape index (κ1) is 33.0. The van der Waals surface area contributed by atoms with Gasteiger partial charge in [-0.25, -0.2) is 19.9 Å². The molecular weight excluding hydrogens is 713 g/mol. The van der Waals surface area contributed by atoms with Gasteiger partial charge in [0.05, 0.1) is 11.2 Å². The highest BCUT2D eigenvalue weighted by molar-refractivity contribution is 7.26. The number of fused-ring (bicyclic) bond motifs is 7. The molecule has 57 heavy (non-hydrogen) atoms. The van der Waals surface area contributed by atoms with Gasteiger partial charge in [-0.15, -0.1) is 11.3 Å². The molecule has 0 aliphatic carbocycles. The number of hydrogen-bond acceptors (Lipinski definition) is 5. The predicted octanol–water partition coefficient (Wildman–Crippen LogP) is 13.9. The molecule has 0 saturated heterocycles. The molecule has 0 atom stereocenters. The molecule has 0 spiro atoms. The lowest BCUT2D eigenvalue weighted by Gasteiger charge is -2.13. The third kappa shape index (κ3) is 5.84. The lowest BCUT2D eigenvalue weighted by atomic mass is 9.95. The van der Waals surface area contributed by atoms with E-state index in [1.807, 2.05) is 41.7 Å². The molecule has 266 valence electrons. The van der Waals surface area contributed by atoms with Crippen LogP contribution in [0, 0.1) is 0 Å². The molecular formula is C52H32N4S. The van der Waals surface area contributed by atoms with Gasteiger partial charge in [0, 0.05) is 58.6 Å². The summed E-state index contributed by atoms with van der Waals surface area (Å²) in [6, 6.07) is 67.9. The van der Waals surface area contributed by atoms with Gasteiger partial charge in [0.15, 0.2) is 17.5 Å². The highest BCUT2D eigenvalue weighted by atomic mass is 32.1. The van der Waals surface area contributed by atoms with E-state index in [0.717, 1.165) is 61.1 Å². The fourth-order valence-corrected chi connectivity index (χ4v) is 9.13. The predicted molar refractivity (Wildman–Crippen MR) is 238 cm³/mol. The number of aromatic nitrogens is 4. The molecule has 4 nitrogen and oxygen atoms in total. The summed E-state index contributed by atoms with van der Waals surface area (Å²) < 4.78 is 2.52. The molecule has 0 bridgehead atoms. The second-order valence-corrected chi connectivity index (χ2v) is 15.3. The molecule has 3 aromatic heterocycles. The van der Waals surface area contributed by atoms with Crippen LogP contribution in [-0.4, -0.2) is 19.9 Å². The first-order valence-corrected chi connectivity index (χ1v) is 19.9. The van der Waals surface area contributed by atoms with Crippen molar-refractivity contribution in [3.05, 3.63) is 194 Å². The first-order chi connectivity index (χ1) is 28.2. The van der Waals surface area contributed by atoms with E-state index >= 15 is 0 Å². The number of rotatable bonds is 6. The van der Waals surface area contributed by atoms with Crippen LogP contribution in [0.5, 0.6) is 0 Å². The van der Waals surface area contributed by atoms with Crippen molar-refractivity contribution in [2.45, 2.75) is 0 Å². The maximum atomic E-state index is 5.21. The number of nitrogens with zero attached hydrogens (tertiary/aromatic N) is 4. The molecule has 5 heteroatoms. The van der Waals surface area contributed by atoms with E-state index in [9.17, 15) is 0 Å². The zero-order valence-corrected chi connectivity index (χ0v) is 31.5. The molecule has 0 saturated carbocycles. The van der Waals surface area contributed by atoms with E-state index in [4.69, 9.17) is 19.9 Å². The molecule has 11 rings (SSSR count). The van der Waals surface area contributed by atoms with Crippen molar-refractivity contribution in [2.75, 3.05) is 0 Å². The summed E-state index contributed by atoms with van der Waals surface area (Å²) in [5.41, 5.74) is 10.4. The van der Waals surface area contributed by atoms with Gasteiger partial charge in [-0.1, -0.05) is 164 Å². The number of thiophene rings is 1. The standard InChI is InChI=1S/C52H32N4S/c1-4-15-33(16-5-1)39-23-10-11-24-40(39)52-55-50(35-19-8-3-9-20-35)54-51(56-52)38-22-14-21-36(31-38)37-27-29-45-43(32-37)48-46(57-45)30-28-42-47(48)41-25-12-13-26-44(41)53-49(42)34-17-6-2-7-18-34/h1-32H. The Labute approximate surface area is 333 Å². The smallest absolute Gasteiger partial charge is 0.164 e. The lowest BCUT2D eigenvalue weighted by molar-refractivity contribution is 1.07. The van der Waals surface area contributed by atoms with Crippen LogP contribution in [0.4, 0.5) is 0 Å². The maximum Gasteiger partial charge on any atom is 0.164 e. The second-order valence-electron chi connectivity index (χ2n) is 14.2. The molecule has 3 heterocycles. The summed E-state index contributed by atoms with van der Waals surface area (Å²) >= 11 is 1.84. The lowest BCUT2D eigenvalue weighted by Crippen LogP contribution is -2.01. The third-order valence-electron chi connectivity index (χ3n) is 10.7. The largest absolute Gasteiger partial charge is 0.247 e. The van der Waals surface area contributed by atoms with Gasteiger partial charge in [0.25, 0.3) is 0 Å². The highest BCUT2D eigenvalue weighted by Gasteiger charge is 2.19. The van der Waals surface area contributed by atoms with E-state index in [1.165, 1.54) is 30.9 Å². The zero-order valence-electron chi connectivity index (χ0n) is 30.7. The maximum absolute atomic E-state index is 5.21. The SMILES string of the molecule is c1ccc(-c2nc(-c3cccc(-c4ccc5sc6ccc7c(-c8ccccc8)nc8ccccc8c7c6c5c4)c3)nc(-c3ccccc3-c3ccccc3)n2)cc1. The average Bonchev–Trinajstić information content (AvgIpc) is 3.68. The van der Waals surface area contributed by atoms with Gasteiger partial charge in [-0.05, 0) is 52.6 Å². The minimum Gasteiger partial charge on any atom is -0.247 e. The average molecular weight is 745 g/mol. The molecule has 0 aliphatic heterocycles. The van der Waals surface area contributed by atoms with Crippen LogP contribution >= 0.6 is 11.3 Å². The summed E-state index contributed by atoms with van der Waals surface area (Å²) in [5.74, 6) is 1.90. The Morgan fingerprint density at radius 3 is 1.67 bits per heavy atom. The number of para-hydroxylation sites is 1. The minimum absolute atomic E-state index is 0.629. The van der Waals surface area contributed by atoms with Crippen molar-refractivity contribution in [2.24, 2.45) is 0 Å². The summed E-state index contributed by atoms with van der Waals surface area (Å²) in [4.78, 5) is 20.5. The molecule has 8 aromatic carbocycles. The van der Waals surface area contributed by atoms with Gasteiger partial charge in [0.1, 0.15) is 0 Å². The summed E-state index contributed by atoms with van der Waals surface area (Å²) in [7, 11) is 0. The van der Waals surface area contributed by atoms with Gasteiger partial charge in [-0.2, -0.15) is 0 Å². The van der Waals surface area contributed by atoms with Crippen LogP contribution in [0.15, 0.2) is 194 Å². The highest BCUT2D eigenvalue weighted by Crippen LogP contribution is 2.44. The van der Waals surface area contributed by atoms with Crippen LogP contribution in [0.3, 0.4) is 0 Å². The molecule has 0 aliphatic rings. The molecule has 0 fully saturated rings. The van der Waals surface area contributed by atoms with Crippen molar-refractivity contribution < 1.29 is 0 Å². The van der Waals surface area contributed by atoms with E-state index in [1.54, 1.807) is 0 Å². The van der Waals surface area contributed by atoms with E-state index in [-0.39, 0.29) is 0 Å². The topological polar surface area (TPSA) is 51.6 Å². The Bertz CT molecular complexity index is 3290. The Kier molecular flexibility index (Phi) is 7.97. The van der Waals surface area contributed by atoms with Crippen LogP contribution in [0.25, 0.3) is 110 Å². The van der Waals surface area contributed by atoms with E-state index in [2.05, 4.69) is 164 Å². The Hall–Kier alpha value is -7.34. The summed E-state index contributed by atoms with van der Waals surface area (Å²) in [6.07, 6.45) is 0. The van der Waals surface area contributed by atoms with Crippen molar-refractivity contribution in [1.82, 2.24) is 19.9 Å². The van der Waals surface area contributed by atoms with Crippen molar-refractivity contribution in [3.8, 4) is 67.7 Å². The normalized spacial score (nSPS) is 11.5. The molecule has 0 N–H and O–H groups in total. The fourth-order valence-electron chi connectivity index (χ4n) is 8.03. The van der Waals surface area contributed by atoms with Gasteiger partial charge >= 0.3 is 0 Å². The van der Waals surface area contributed by atoms with Crippen LogP contribution in [-0.2, 0) is 0 Å². The van der Waals surface area contributed by atoms with E-state index in [0.29, 0.717) is 17.5 Å². The van der Waals surface area contributed by atoms with Crippen molar-refractivity contribution >= 4 is 53.2 Å². The summed E-state index contributed by atoms with van der Waals surface area (Å²) in [5, 5.41) is 6.08. The Balaban J connectivity index is 1.09. The molecule has 11 aromatic rings. The van der Waals surface area contributed by atoms with Crippen LogP contribution in [0.1, 0.15) is 0 Å². The van der Waals surface area contributed by atoms with Crippen LogP contribution in [0.2, 0.25) is 0 Å². The molecule has 0 radical (unpaired) electrons. The monoisotopic (exact) mass is 744 g/mol. The molecule has 0 unspecified atom stereocenters. The fraction of sp³-hybridized carbons (Fsp3) is 0. The third-order valence-corrected chi connectivity index (χ3v) is 11.9. The summed E-state index contributed by atoms with van der Waals surface area (Å²) in [6.45, 7) is 0. The Morgan fingerprint density at radius 1 is 0.298 bits per heavy atom. The van der Waals surface area contributed by atoms with Gasteiger partial charge in [0.2, 0.25) is 0 Å². The van der Waals surface area contributed by atoms with E-state index < -0.39 is 0 Å². The quantitative estimate of drug-likeness (QED) is 0.159. The zero-order chi connectivity index (χ0) is 37.7. The van der Waals surface area contributed by atoms with Gasteiger partial charge < -0.3 is 0 Å².